The second-order valence-electron chi connectivity index (χ2n) is 10.7. The van der Waals surface area contributed by atoms with Gasteiger partial charge in [0.05, 0.1) is 0 Å². The monoisotopic (exact) mass is 365 g/mol. The van der Waals surface area contributed by atoms with Crippen LogP contribution in [0, 0.1) is 34.5 Å². The molecule has 3 aliphatic carbocycles. The minimum atomic E-state index is 0.287. The Morgan fingerprint density at radius 2 is 1.78 bits per heavy atom. The maximum atomic E-state index is 12.0. The summed E-state index contributed by atoms with van der Waals surface area (Å²) in [5.74, 6) is 4.31. The van der Waals surface area contributed by atoms with Crippen LogP contribution in [0.15, 0.2) is 30.3 Å². The summed E-state index contributed by atoms with van der Waals surface area (Å²) in [7, 11) is 0. The van der Waals surface area contributed by atoms with E-state index in [1.54, 1.807) is 5.56 Å². The minimum Gasteiger partial charge on any atom is -0.353 e. The van der Waals surface area contributed by atoms with Crippen molar-refractivity contribution in [1.82, 2.24) is 5.32 Å². The number of hydrogen-bond donors (Lipinski definition) is 1. The molecule has 3 saturated carbocycles. The molecule has 2 nitrogen and oxygen atoms in total. The van der Waals surface area contributed by atoms with Crippen LogP contribution < -0.4 is 5.32 Å². The van der Waals surface area contributed by atoms with Crippen LogP contribution in [0.1, 0.15) is 77.2 Å². The molecule has 1 N–H and O–H groups in total. The third-order valence-electron chi connectivity index (χ3n) is 9.61. The van der Waals surface area contributed by atoms with E-state index in [9.17, 15) is 4.79 Å². The molecule has 4 aliphatic rings. The summed E-state index contributed by atoms with van der Waals surface area (Å²) < 4.78 is 0. The van der Waals surface area contributed by atoms with Gasteiger partial charge in [-0.2, -0.15) is 0 Å². The minimum absolute atomic E-state index is 0.287. The standard InChI is InChI=1S/C25H35NO/c1-16-15-20(17-7-5-4-6-8-17)25(3)13-11-19-18(23(16)25)9-10-21-24(19,2)14-12-22(27)26-21/h4-8,16,18-21,23H,9-15H2,1-3H3,(H,26,27)/t16?,18-,19-,20?,21?,23+,24-,25-/m1/s1. The van der Waals surface area contributed by atoms with Crippen molar-refractivity contribution >= 4 is 5.91 Å². The first-order valence-electron chi connectivity index (χ1n) is 11.3. The molecule has 27 heavy (non-hydrogen) atoms. The third kappa shape index (κ3) is 2.47. The van der Waals surface area contributed by atoms with Gasteiger partial charge in [-0.15, -0.1) is 0 Å². The Morgan fingerprint density at radius 1 is 1.00 bits per heavy atom. The Hall–Kier alpha value is -1.31. The average molecular weight is 366 g/mol. The molecule has 2 heteroatoms. The molecular weight excluding hydrogens is 330 g/mol. The van der Waals surface area contributed by atoms with Gasteiger partial charge in [-0.05, 0) is 84.5 Å². The summed E-state index contributed by atoms with van der Waals surface area (Å²) in [6.07, 6.45) is 8.42. The maximum absolute atomic E-state index is 12.0. The number of nitrogens with one attached hydrogen (secondary N) is 1. The van der Waals surface area contributed by atoms with E-state index in [0.717, 1.165) is 42.4 Å². The first kappa shape index (κ1) is 17.8. The second kappa shape index (κ2) is 6.09. The van der Waals surface area contributed by atoms with Gasteiger partial charge < -0.3 is 5.32 Å². The number of piperidine rings is 1. The molecule has 5 rings (SSSR count). The van der Waals surface area contributed by atoms with Crippen molar-refractivity contribution in [2.75, 3.05) is 0 Å². The van der Waals surface area contributed by atoms with Crippen LogP contribution in [-0.4, -0.2) is 11.9 Å². The van der Waals surface area contributed by atoms with E-state index in [0.29, 0.717) is 16.9 Å². The van der Waals surface area contributed by atoms with E-state index in [1.165, 1.54) is 32.1 Å². The van der Waals surface area contributed by atoms with E-state index in [2.05, 4.69) is 56.4 Å². The topological polar surface area (TPSA) is 29.1 Å². The molecule has 1 heterocycles. The normalized spacial score (nSPS) is 48.9. The molecule has 1 aromatic carbocycles. The zero-order valence-electron chi connectivity index (χ0n) is 17.2. The smallest absolute Gasteiger partial charge is 0.220 e. The molecule has 1 aromatic rings. The molecule has 0 spiro atoms. The molecule has 146 valence electrons. The van der Waals surface area contributed by atoms with E-state index in [4.69, 9.17) is 0 Å². The number of rotatable bonds is 1. The molecule has 0 radical (unpaired) electrons. The Labute approximate surface area is 164 Å². The quantitative estimate of drug-likeness (QED) is 0.696. The third-order valence-corrected chi connectivity index (χ3v) is 9.61. The lowest BCUT2D eigenvalue weighted by Gasteiger charge is -2.60. The summed E-state index contributed by atoms with van der Waals surface area (Å²) in [5.41, 5.74) is 2.34. The summed E-state index contributed by atoms with van der Waals surface area (Å²) >= 11 is 0. The Bertz CT molecular complexity index is 729. The van der Waals surface area contributed by atoms with Crippen molar-refractivity contribution in [3.05, 3.63) is 35.9 Å². The van der Waals surface area contributed by atoms with E-state index >= 15 is 0 Å². The molecule has 0 bridgehead atoms. The SMILES string of the molecule is CC1CC(c2ccccc2)[C@@]2(C)CC[C@@H]3[C@@H](CCC4NC(=O)CC[C@@]43C)[C@H]12. The van der Waals surface area contributed by atoms with E-state index in [-0.39, 0.29) is 5.91 Å². The molecule has 1 aliphatic heterocycles. The fourth-order valence-electron chi connectivity index (χ4n) is 8.45. The van der Waals surface area contributed by atoms with Crippen molar-refractivity contribution in [1.29, 1.82) is 0 Å². The van der Waals surface area contributed by atoms with Crippen LogP contribution >= 0.6 is 0 Å². The number of carbonyl (C=O) groups is 1. The molecule has 0 aromatic heterocycles. The first-order chi connectivity index (χ1) is 12.9. The van der Waals surface area contributed by atoms with Crippen molar-refractivity contribution in [3.63, 3.8) is 0 Å². The van der Waals surface area contributed by atoms with Crippen molar-refractivity contribution < 1.29 is 4.79 Å². The lowest BCUT2D eigenvalue weighted by atomic mass is 9.46. The zero-order chi connectivity index (χ0) is 18.8. The van der Waals surface area contributed by atoms with Gasteiger partial charge in [-0.1, -0.05) is 51.1 Å². The average Bonchev–Trinajstić information content (AvgIpc) is 2.94. The van der Waals surface area contributed by atoms with Gasteiger partial charge >= 0.3 is 0 Å². The second-order valence-corrected chi connectivity index (χ2v) is 10.7. The van der Waals surface area contributed by atoms with Crippen LogP contribution in [0.3, 0.4) is 0 Å². The van der Waals surface area contributed by atoms with Crippen molar-refractivity contribution in [3.8, 4) is 0 Å². The van der Waals surface area contributed by atoms with Crippen LogP contribution in [0.2, 0.25) is 0 Å². The highest BCUT2D eigenvalue weighted by Gasteiger charge is 2.62. The number of hydrogen-bond acceptors (Lipinski definition) is 1. The van der Waals surface area contributed by atoms with E-state index in [1.807, 2.05) is 0 Å². The molecule has 1 amide bonds. The van der Waals surface area contributed by atoms with Gasteiger partial charge in [0.25, 0.3) is 0 Å². The molecule has 8 atom stereocenters. The van der Waals surface area contributed by atoms with Crippen molar-refractivity contribution in [2.24, 2.45) is 34.5 Å². The number of carbonyl (C=O) groups excluding carboxylic acids is 1. The maximum Gasteiger partial charge on any atom is 0.220 e. The first-order valence-corrected chi connectivity index (χ1v) is 11.3. The van der Waals surface area contributed by atoms with Gasteiger partial charge in [0.15, 0.2) is 0 Å². The summed E-state index contributed by atoms with van der Waals surface area (Å²) in [5, 5.41) is 3.37. The molecular formula is C25H35NO. The Morgan fingerprint density at radius 3 is 2.56 bits per heavy atom. The molecule has 1 saturated heterocycles. The van der Waals surface area contributed by atoms with Gasteiger partial charge in [0.2, 0.25) is 5.91 Å². The predicted molar refractivity (Wildman–Crippen MR) is 109 cm³/mol. The molecule has 3 unspecified atom stereocenters. The Kier molecular flexibility index (Phi) is 4.01. The van der Waals surface area contributed by atoms with Crippen LogP contribution in [0.5, 0.6) is 0 Å². The highest BCUT2D eigenvalue weighted by molar-refractivity contribution is 5.77. The van der Waals surface area contributed by atoms with Gasteiger partial charge in [-0.25, -0.2) is 0 Å². The Balaban J connectivity index is 1.48. The van der Waals surface area contributed by atoms with Gasteiger partial charge in [-0.3, -0.25) is 4.79 Å². The number of amides is 1. The number of fused-ring (bicyclic) bond motifs is 5. The number of benzene rings is 1. The summed E-state index contributed by atoms with van der Waals surface area (Å²) in [6.45, 7) is 7.66. The van der Waals surface area contributed by atoms with Crippen LogP contribution in [-0.2, 0) is 4.79 Å². The van der Waals surface area contributed by atoms with Gasteiger partial charge in [0, 0.05) is 12.5 Å². The molecule has 4 fully saturated rings. The predicted octanol–water partition coefficient (Wildman–Crippen LogP) is 5.54. The van der Waals surface area contributed by atoms with E-state index < -0.39 is 0 Å². The lowest BCUT2D eigenvalue weighted by molar-refractivity contribution is -0.137. The van der Waals surface area contributed by atoms with Crippen LogP contribution in [0.4, 0.5) is 0 Å². The van der Waals surface area contributed by atoms with Crippen molar-refractivity contribution in [2.45, 2.75) is 77.7 Å². The van der Waals surface area contributed by atoms with Gasteiger partial charge in [0.1, 0.15) is 0 Å². The largest absolute Gasteiger partial charge is 0.353 e. The fourth-order valence-corrected chi connectivity index (χ4v) is 8.45. The highest BCUT2D eigenvalue weighted by atomic mass is 16.1. The van der Waals surface area contributed by atoms with Crippen LogP contribution in [0.25, 0.3) is 0 Å². The zero-order valence-corrected chi connectivity index (χ0v) is 17.2. The highest BCUT2D eigenvalue weighted by Crippen LogP contribution is 2.68. The summed E-state index contributed by atoms with van der Waals surface area (Å²) in [6, 6.07) is 11.8. The lowest BCUT2D eigenvalue weighted by Crippen LogP contribution is -2.61. The summed E-state index contributed by atoms with van der Waals surface area (Å²) in [4.78, 5) is 12.0. The fraction of sp³-hybridized carbons (Fsp3) is 0.720.